The van der Waals surface area contributed by atoms with Gasteiger partial charge in [0.15, 0.2) is 0 Å². The van der Waals surface area contributed by atoms with Gasteiger partial charge in [0, 0.05) is 13.2 Å². The van der Waals surface area contributed by atoms with Gasteiger partial charge in [-0.05, 0) is 61.2 Å². The van der Waals surface area contributed by atoms with Gasteiger partial charge < -0.3 is 10.2 Å². The highest BCUT2D eigenvalue weighted by molar-refractivity contribution is 5.05. The molecule has 0 saturated heterocycles. The van der Waals surface area contributed by atoms with Crippen molar-refractivity contribution in [2.24, 2.45) is 35.5 Å². The van der Waals surface area contributed by atoms with Crippen molar-refractivity contribution in [1.29, 1.82) is 0 Å². The minimum atomic E-state index is 0.397. The molecule has 6 atom stereocenters. The monoisotopic (exact) mass is 196 g/mol. The molecule has 0 radical (unpaired) electrons. The topological polar surface area (TPSA) is 40.5 Å². The molecular weight excluding hydrogens is 176 g/mol. The van der Waals surface area contributed by atoms with Gasteiger partial charge in [-0.15, -0.1) is 0 Å². The molecule has 3 fully saturated rings. The summed E-state index contributed by atoms with van der Waals surface area (Å²) in [5.41, 5.74) is 0. The molecule has 0 aliphatic heterocycles. The summed E-state index contributed by atoms with van der Waals surface area (Å²) in [6, 6.07) is 0. The number of fused-ring (bicyclic) bond motifs is 5. The summed E-state index contributed by atoms with van der Waals surface area (Å²) in [6.45, 7) is 0.794. The summed E-state index contributed by atoms with van der Waals surface area (Å²) >= 11 is 0. The van der Waals surface area contributed by atoms with Crippen LogP contribution in [0.1, 0.15) is 25.7 Å². The van der Waals surface area contributed by atoms with Crippen molar-refractivity contribution in [3.05, 3.63) is 0 Å². The van der Waals surface area contributed by atoms with E-state index < -0.39 is 0 Å². The zero-order chi connectivity index (χ0) is 9.71. The van der Waals surface area contributed by atoms with Gasteiger partial charge in [-0.25, -0.2) is 0 Å². The van der Waals surface area contributed by atoms with Crippen molar-refractivity contribution in [1.82, 2.24) is 0 Å². The SMILES string of the molecule is OCC1CC2CC1C1CCC(CO)C21. The summed E-state index contributed by atoms with van der Waals surface area (Å²) < 4.78 is 0. The molecule has 80 valence electrons. The van der Waals surface area contributed by atoms with Crippen LogP contribution in [-0.4, -0.2) is 23.4 Å². The lowest BCUT2D eigenvalue weighted by Crippen LogP contribution is -2.30. The summed E-state index contributed by atoms with van der Waals surface area (Å²) in [5, 5.41) is 18.6. The highest BCUT2D eigenvalue weighted by Gasteiger charge is 2.56. The van der Waals surface area contributed by atoms with E-state index in [1.165, 1.54) is 25.7 Å². The van der Waals surface area contributed by atoms with Crippen LogP contribution in [0.4, 0.5) is 0 Å². The van der Waals surface area contributed by atoms with Crippen LogP contribution >= 0.6 is 0 Å². The van der Waals surface area contributed by atoms with Crippen molar-refractivity contribution < 1.29 is 10.2 Å². The molecule has 2 N–H and O–H groups in total. The largest absolute Gasteiger partial charge is 0.396 e. The summed E-state index contributed by atoms with van der Waals surface area (Å²) in [6.07, 6.45) is 5.13. The predicted molar refractivity (Wildman–Crippen MR) is 53.6 cm³/mol. The van der Waals surface area contributed by atoms with E-state index in [9.17, 15) is 10.2 Å². The Balaban J connectivity index is 1.80. The Hall–Kier alpha value is -0.0800. The third kappa shape index (κ3) is 1.04. The first-order chi connectivity index (χ1) is 6.85. The molecule has 0 heterocycles. The molecule has 0 amide bonds. The van der Waals surface area contributed by atoms with E-state index in [1.54, 1.807) is 0 Å². The summed E-state index contributed by atoms with van der Waals surface area (Å²) in [5.74, 6) is 4.48. The first kappa shape index (κ1) is 9.17. The van der Waals surface area contributed by atoms with E-state index in [1.807, 2.05) is 0 Å². The molecule has 0 aromatic carbocycles. The molecule has 2 nitrogen and oxygen atoms in total. The molecule has 3 aliphatic rings. The van der Waals surface area contributed by atoms with Crippen molar-refractivity contribution in [2.75, 3.05) is 13.2 Å². The van der Waals surface area contributed by atoms with Gasteiger partial charge in [-0.3, -0.25) is 0 Å². The molecule has 6 unspecified atom stereocenters. The van der Waals surface area contributed by atoms with E-state index in [0.717, 1.165) is 23.7 Å². The normalized spacial score (nSPS) is 55.3. The van der Waals surface area contributed by atoms with Crippen LogP contribution in [0.5, 0.6) is 0 Å². The smallest absolute Gasteiger partial charge is 0.0462 e. The minimum Gasteiger partial charge on any atom is -0.396 e. The van der Waals surface area contributed by atoms with E-state index in [-0.39, 0.29) is 0 Å². The Labute approximate surface area is 85.3 Å². The molecule has 0 aromatic heterocycles. The van der Waals surface area contributed by atoms with Gasteiger partial charge >= 0.3 is 0 Å². The Morgan fingerprint density at radius 3 is 2.36 bits per heavy atom. The second-order valence-electron chi connectivity index (χ2n) is 5.60. The fourth-order valence-electron chi connectivity index (χ4n) is 4.84. The van der Waals surface area contributed by atoms with E-state index in [2.05, 4.69) is 0 Å². The van der Waals surface area contributed by atoms with Crippen LogP contribution in [0, 0.1) is 35.5 Å². The lowest BCUT2D eigenvalue weighted by atomic mass is 9.74. The van der Waals surface area contributed by atoms with E-state index >= 15 is 0 Å². The Bertz CT molecular complexity index is 226. The fraction of sp³-hybridized carbons (Fsp3) is 1.00. The first-order valence-corrected chi connectivity index (χ1v) is 6.07. The first-order valence-electron chi connectivity index (χ1n) is 6.07. The fourth-order valence-corrected chi connectivity index (χ4v) is 4.84. The quantitative estimate of drug-likeness (QED) is 0.698. The lowest BCUT2D eigenvalue weighted by molar-refractivity contribution is 0.0904. The predicted octanol–water partition coefficient (Wildman–Crippen LogP) is 1.27. The Morgan fingerprint density at radius 2 is 1.64 bits per heavy atom. The number of hydrogen-bond donors (Lipinski definition) is 2. The van der Waals surface area contributed by atoms with Crippen LogP contribution < -0.4 is 0 Å². The maximum absolute atomic E-state index is 9.31. The van der Waals surface area contributed by atoms with E-state index in [4.69, 9.17) is 0 Å². The second kappa shape index (κ2) is 3.21. The molecule has 3 rings (SSSR count). The van der Waals surface area contributed by atoms with Gasteiger partial charge in [0.05, 0.1) is 0 Å². The van der Waals surface area contributed by atoms with Crippen LogP contribution in [0.15, 0.2) is 0 Å². The van der Waals surface area contributed by atoms with Crippen LogP contribution in [0.2, 0.25) is 0 Å². The van der Waals surface area contributed by atoms with Crippen LogP contribution in [0.25, 0.3) is 0 Å². The molecule has 2 bridgehead atoms. The minimum absolute atomic E-state index is 0.397. The maximum Gasteiger partial charge on any atom is 0.0462 e. The Morgan fingerprint density at radius 1 is 0.857 bits per heavy atom. The average Bonchev–Trinajstić information content (AvgIpc) is 2.87. The maximum atomic E-state index is 9.31. The zero-order valence-corrected chi connectivity index (χ0v) is 8.60. The van der Waals surface area contributed by atoms with Crippen molar-refractivity contribution in [3.63, 3.8) is 0 Å². The van der Waals surface area contributed by atoms with Crippen molar-refractivity contribution in [3.8, 4) is 0 Å². The lowest BCUT2D eigenvalue weighted by Gasteiger charge is -2.32. The molecule has 0 aromatic rings. The number of hydrogen-bond acceptors (Lipinski definition) is 2. The van der Waals surface area contributed by atoms with Gasteiger partial charge in [0.1, 0.15) is 0 Å². The molecule has 3 saturated carbocycles. The summed E-state index contributed by atoms with van der Waals surface area (Å²) in [7, 11) is 0. The Kier molecular flexibility index (Phi) is 2.10. The highest BCUT2D eigenvalue weighted by atomic mass is 16.3. The van der Waals surface area contributed by atoms with Gasteiger partial charge in [-0.1, -0.05) is 0 Å². The van der Waals surface area contributed by atoms with Crippen LogP contribution in [-0.2, 0) is 0 Å². The molecule has 2 heteroatoms. The number of rotatable bonds is 2. The van der Waals surface area contributed by atoms with E-state index in [0.29, 0.717) is 25.0 Å². The molecule has 14 heavy (non-hydrogen) atoms. The van der Waals surface area contributed by atoms with Gasteiger partial charge in [0.2, 0.25) is 0 Å². The third-order valence-corrected chi connectivity index (χ3v) is 5.26. The third-order valence-electron chi connectivity index (χ3n) is 5.26. The molecule has 3 aliphatic carbocycles. The van der Waals surface area contributed by atoms with Crippen molar-refractivity contribution >= 4 is 0 Å². The highest BCUT2D eigenvalue weighted by Crippen LogP contribution is 2.62. The average molecular weight is 196 g/mol. The zero-order valence-electron chi connectivity index (χ0n) is 8.60. The molecule has 0 spiro atoms. The standard InChI is InChI=1S/C12H20O2/c13-5-7-1-2-10-11-4-8(12(7)10)3-9(11)6-14/h7-14H,1-6H2. The van der Waals surface area contributed by atoms with Crippen molar-refractivity contribution in [2.45, 2.75) is 25.7 Å². The second-order valence-corrected chi connectivity index (χ2v) is 5.60. The summed E-state index contributed by atoms with van der Waals surface area (Å²) in [4.78, 5) is 0. The molecular formula is C12H20O2. The van der Waals surface area contributed by atoms with Gasteiger partial charge in [-0.2, -0.15) is 0 Å². The number of aliphatic hydroxyl groups is 2. The number of aliphatic hydroxyl groups excluding tert-OH is 2. The van der Waals surface area contributed by atoms with Crippen LogP contribution in [0.3, 0.4) is 0 Å². The van der Waals surface area contributed by atoms with Gasteiger partial charge in [0.25, 0.3) is 0 Å².